The van der Waals surface area contributed by atoms with Gasteiger partial charge in [0.2, 0.25) is 0 Å². The number of allylic oxidation sites excluding steroid dienone is 1. The minimum Gasteiger partial charge on any atom is -0.504 e. The van der Waals surface area contributed by atoms with Crippen LogP contribution in [-0.4, -0.2) is 60.2 Å². The Morgan fingerprint density at radius 1 is 1.12 bits per heavy atom. The van der Waals surface area contributed by atoms with Crippen molar-refractivity contribution in [3.8, 4) is 11.5 Å². The Bertz CT molecular complexity index is 683. The van der Waals surface area contributed by atoms with Crippen molar-refractivity contribution in [3.05, 3.63) is 29.8 Å². The van der Waals surface area contributed by atoms with Crippen molar-refractivity contribution in [3.63, 3.8) is 0 Å². The zero-order chi connectivity index (χ0) is 18.1. The minimum absolute atomic E-state index is 0.323. The van der Waals surface area contributed by atoms with Crippen molar-refractivity contribution >= 4 is 17.8 Å². The Morgan fingerprint density at radius 3 is 2.38 bits per heavy atom. The number of carboxylic acids is 1. The Balaban J connectivity index is 2.19. The normalized spacial score (nSPS) is 30.4. The molecule has 1 saturated carbocycles. The highest BCUT2D eigenvalue weighted by atomic mass is 16.4. The third-order valence-corrected chi connectivity index (χ3v) is 4.11. The van der Waals surface area contributed by atoms with E-state index in [1.165, 1.54) is 24.3 Å². The Morgan fingerprint density at radius 2 is 1.79 bits per heavy atom. The number of phenols is 2. The van der Waals surface area contributed by atoms with Crippen LogP contribution in [0.3, 0.4) is 0 Å². The second-order valence-electron chi connectivity index (χ2n) is 5.89. The van der Waals surface area contributed by atoms with Crippen molar-refractivity contribution < 1.29 is 40.2 Å². The fraction of sp³-hybridized carbons (Fsp3) is 0.375. The molecule has 4 unspecified atom stereocenters. The lowest BCUT2D eigenvalue weighted by Gasteiger charge is -2.38. The summed E-state index contributed by atoms with van der Waals surface area (Å²) in [5.41, 5.74) is -1.90. The highest BCUT2D eigenvalue weighted by Gasteiger charge is 2.50. The zero-order valence-electron chi connectivity index (χ0n) is 12.5. The molecule has 1 aromatic rings. The number of ketones is 1. The number of aliphatic carboxylic acids is 1. The third kappa shape index (κ3) is 3.56. The quantitative estimate of drug-likeness (QED) is 0.321. The van der Waals surface area contributed by atoms with E-state index in [9.17, 15) is 35.1 Å². The van der Waals surface area contributed by atoms with E-state index in [2.05, 4.69) is 0 Å². The molecule has 4 atom stereocenters. The van der Waals surface area contributed by atoms with Gasteiger partial charge in [0.15, 0.2) is 22.9 Å². The van der Waals surface area contributed by atoms with Crippen LogP contribution in [0.5, 0.6) is 11.5 Å². The fourth-order valence-corrected chi connectivity index (χ4v) is 2.69. The van der Waals surface area contributed by atoms with Crippen molar-refractivity contribution in [2.75, 3.05) is 0 Å². The lowest BCUT2D eigenvalue weighted by molar-refractivity contribution is -0.179. The van der Waals surface area contributed by atoms with Crippen LogP contribution in [0, 0.1) is 5.92 Å². The van der Waals surface area contributed by atoms with Crippen LogP contribution in [0.2, 0.25) is 0 Å². The van der Waals surface area contributed by atoms with Gasteiger partial charge in [-0.1, -0.05) is 12.1 Å². The average Bonchev–Trinajstić information content (AvgIpc) is 2.51. The second kappa shape index (κ2) is 6.60. The minimum atomic E-state index is -2.29. The summed E-state index contributed by atoms with van der Waals surface area (Å²) in [7, 11) is 0. The Labute approximate surface area is 136 Å². The largest absolute Gasteiger partial charge is 0.504 e. The smallest absolute Gasteiger partial charge is 0.335 e. The van der Waals surface area contributed by atoms with E-state index >= 15 is 0 Å². The molecule has 0 saturated heterocycles. The van der Waals surface area contributed by atoms with Gasteiger partial charge in [0.25, 0.3) is 0 Å². The maximum atomic E-state index is 12.2. The molecule has 8 nitrogen and oxygen atoms in total. The van der Waals surface area contributed by atoms with E-state index in [-0.39, 0.29) is 11.5 Å². The lowest BCUT2D eigenvalue weighted by Crippen LogP contribution is -2.55. The molecule has 1 fully saturated rings. The number of benzene rings is 1. The Hall–Kier alpha value is -2.42. The first-order valence-electron chi connectivity index (χ1n) is 7.20. The van der Waals surface area contributed by atoms with E-state index in [1.54, 1.807) is 0 Å². The van der Waals surface area contributed by atoms with Crippen LogP contribution in [0.1, 0.15) is 18.4 Å². The van der Waals surface area contributed by atoms with Crippen molar-refractivity contribution in [2.24, 2.45) is 5.92 Å². The second-order valence-corrected chi connectivity index (χ2v) is 5.89. The predicted octanol–water partition coefficient (Wildman–Crippen LogP) is -0.372. The summed E-state index contributed by atoms with van der Waals surface area (Å²) in [5.74, 6) is -4.22. The van der Waals surface area contributed by atoms with Gasteiger partial charge in [0, 0.05) is 6.42 Å². The summed E-state index contributed by atoms with van der Waals surface area (Å²) < 4.78 is 0. The molecule has 0 amide bonds. The predicted molar refractivity (Wildman–Crippen MR) is 81.1 cm³/mol. The first-order valence-corrected chi connectivity index (χ1v) is 7.20. The van der Waals surface area contributed by atoms with E-state index in [0.29, 0.717) is 5.56 Å². The van der Waals surface area contributed by atoms with Gasteiger partial charge in [-0.2, -0.15) is 0 Å². The van der Waals surface area contributed by atoms with Crippen molar-refractivity contribution in [2.45, 2.75) is 30.7 Å². The molecule has 24 heavy (non-hydrogen) atoms. The number of aliphatic hydroxyl groups excluding tert-OH is 2. The molecule has 1 aliphatic carbocycles. The molecular formula is C16H18O8. The van der Waals surface area contributed by atoms with E-state index in [1.807, 2.05) is 0 Å². The zero-order valence-corrected chi connectivity index (χ0v) is 12.5. The number of hydrogen-bond acceptors (Lipinski definition) is 7. The molecule has 6 N–H and O–H groups in total. The number of hydrogen-bond donors (Lipinski definition) is 6. The molecule has 0 aromatic heterocycles. The summed E-state index contributed by atoms with van der Waals surface area (Å²) in [6.45, 7) is 0. The molecule has 0 heterocycles. The van der Waals surface area contributed by atoms with Gasteiger partial charge in [-0.25, -0.2) is 4.79 Å². The molecule has 0 spiro atoms. The standard InChI is InChI=1S/C16H18O8/c17-10(3-1-8-2-4-11(18)12(19)5-8)9-6-16(24,15(22)23)7-13(20)14(9)21/h1-5,9,13-14,18-21,24H,6-7H2,(H,22,23)/b3-1+. The molecule has 1 aromatic carbocycles. The molecule has 130 valence electrons. The van der Waals surface area contributed by atoms with Crippen LogP contribution in [-0.2, 0) is 9.59 Å². The first kappa shape index (κ1) is 17.9. The molecule has 0 radical (unpaired) electrons. The van der Waals surface area contributed by atoms with Gasteiger partial charge in [0.1, 0.15) is 0 Å². The number of carbonyl (C=O) groups excluding carboxylic acids is 1. The third-order valence-electron chi connectivity index (χ3n) is 4.11. The summed E-state index contributed by atoms with van der Waals surface area (Å²) in [6.07, 6.45) is -1.77. The molecule has 0 aliphatic heterocycles. The van der Waals surface area contributed by atoms with Crippen LogP contribution in [0.25, 0.3) is 6.08 Å². The molecule has 8 heteroatoms. The van der Waals surface area contributed by atoms with Gasteiger partial charge < -0.3 is 30.6 Å². The number of carbonyl (C=O) groups is 2. The molecular weight excluding hydrogens is 320 g/mol. The summed E-state index contributed by atoms with van der Waals surface area (Å²) >= 11 is 0. The number of aromatic hydroxyl groups is 2. The number of carboxylic acid groups (broad SMARTS) is 1. The van der Waals surface area contributed by atoms with Gasteiger partial charge in [-0.05, 0) is 30.2 Å². The number of phenolic OH excluding ortho intramolecular Hbond substituents is 2. The highest BCUT2D eigenvalue weighted by molar-refractivity contribution is 5.96. The van der Waals surface area contributed by atoms with E-state index in [0.717, 1.165) is 6.08 Å². The van der Waals surface area contributed by atoms with Gasteiger partial charge in [-0.3, -0.25) is 4.79 Å². The maximum Gasteiger partial charge on any atom is 0.335 e. The average molecular weight is 338 g/mol. The number of rotatable bonds is 4. The van der Waals surface area contributed by atoms with Gasteiger partial charge in [0.05, 0.1) is 18.1 Å². The van der Waals surface area contributed by atoms with Crippen molar-refractivity contribution in [1.29, 1.82) is 0 Å². The van der Waals surface area contributed by atoms with Gasteiger partial charge in [-0.15, -0.1) is 0 Å². The molecule has 1 aliphatic rings. The molecule has 0 bridgehead atoms. The summed E-state index contributed by atoms with van der Waals surface area (Å²) in [4.78, 5) is 23.3. The fourth-order valence-electron chi connectivity index (χ4n) is 2.69. The van der Waals surface area contributed by atoms with E-state index in [4.69, 9.17) is 5.11 Å². The SMILES string of the molecule is O=C(/C=C/c1ccc(O)c(O)c1)C1CC(O)(C(=O)O)CC(O)C1O. The van der Waals surface area contributed by atoms with Crippen LogP contribution < -0.4 is 0 Å². The van der Waals surface area contributed by atoms with Crippen LogP contribution in [0.4, 0.5) is 0 Å². The van der Waals surface area contributed by atoms with E-state index < -0.39 is 48.3 Å². The monoisotopic (exact) mass is 338 g/mol. The highest BCUT2D eigenvalue weighted by Crippen LogP contribution is 2.34. The molecule has 2 rings (SSSR count). The topological polar surface area (TPSA) is 156 Å². The van der Waals surface area contributed by atoms with Gasteiger partial charge >= 0.3 is 5.97 Å². The Kier molecular flexibility index (Phi) is 4.93. The number of aliphatic hydroxyl groups is 3. The van der Waals surface area contributed by atoms with Crippen LogP contribution >= 0.6 is 0 Å². The maximum absolute atomic E-state index is 12.2. The first-order chi connectivity index (χ1) is 11.1. The van der Waals surface area contributed by atoms with Crippen LogP contribution in [0.15, 0.2) is 24.3 Å². The van der Waals surface area contributed by atoms with Crippen molar-refractivity contribution in [1.82, 2.24) is 0 Å². The summed E-state index contributed by atoms with van der Waals surface area (Å²) in [5, 5.41) is 57.3. The lowest BCUT2D eigenvalue weighted by atomic mass is 9.73. The summed E-state index contributed by atoms with van der Waals surface area (Å²) in [6, 6.07) is 3.86.